The molecule has 0 spiro atoms. The van der Waals surface area contributed by atoms with Gasteiger partial charge in [0.25, 0.3) is 0 Å². The molecule has 0 N–H and O–H groups in total. The van der Waals surface area contributed by atoms with Crippen molar-refractivity contribution < 1.29 is 4.58 Å². The lowest BCUT2D eigenvalue weighted by Crippen LogP contribution is -2.25. The number of hydrogen-bond donors (Lipinski definition) is 0. The van der Waals surface area contributed by atoms with Gasteiger partial charge in [-0.05, 0) is 25.3 Å². The van der Waals surface area contributed by atoms with E-state index in [1.807, 2.05) is 13.8 Å². The van der Waals surface area contributed by atoms with Crippen molar-refractivity contribution in [2.75, 3.05) is 7.05 Å². The summed E-state index contributed by atoms with van der Waals surface area (Å²) in [6.45, 7) is 10.8. The zero-order chi connectivity index (χ0) is 14.2. The van der Waals surface area contributed by atoms with Gasteiger partial charge >= 0.3 is 0 Å². The second-order valence-electron chi connectivity index (χ2n) is 5.45. The highest BCUT2D eigenvalue weighted by Crippen LogP contribution is 2.42. The van der Waals surface area contributed by atoms with Crippen molar-refractivity contribution in [2.45, 2.75) is 40.0 Å². The van der Waals surface area contributed by atoms with Crippen LogP contribution in [0.3, 0.4) is 0 Å². The van der Waals surface area contributed by atoms with E-state index in [0.717, 1.165) is 0 Å². The van der Waals surface area contributed by atoms with Gasteiger partial charge in [-0.3, -0.25) is 0 Å². The van der Waals surface area contributed by atoms with Crippen LogP contribution < -0.4 is 0 Å². The van der Waals surface area contributed by atoms with E-state index in [1.54, 1.807) is 0 Å². The van der Waals surface area contributed by atoms with Crippen LogP contribution in [0.15, 0.2) is 36.4 Å². The molecular formula is C18H24N+. The molecule has 3 rings (SSSR count). The van der Waals surface area contributed by atoms with E-state index in [2.05, 4.69) is 68.8 Å². The molecule has 19 heavy (non-hydrogen) atoms. The molecule has 100 valence electrons. The second-order valence-corrected chi connectivity index (χ2v) is 5.45. The van der Waals surface area contributed by atoms with Crippen molar-refractivity contribution in [2.24, 2.45) is 0 Å². The SMILES string of the molecule is CC.CC1=[N+](C)c2c(ccc3ccccc23)C1(C)C. The Balaban J connectivity index is 0.000000637. The lowest BCUT2D eigenvalue weighted by molar-refractivity contribution is -0.401. The Morgan fingerprint density at radius 2 is 1.58 bits per heavy atom. The molecule has 1 aliphatic heterocycles. The van der Waals surface area contributed by atoms with Crippen molar-refractivity contribution >= 4 is 22.2 Å². The number of nitrogens with zero attached hydrogens (tertiary/aromatic N) is 1. The Hall–Kier alpha value is -1.63. The largest absolute Gasteiger partial charge is 0.217 e. The molecule has 0 bridgehead atoms. The van der Waals surface area contributed by atoms with Crippen LogP contribution in [0.4, 0.5) is 5.69 Å². The third-order valence-electron chi connectivity index (χ3n) is 4.32. The quantitative estimate of drug-likeness (QED) is 0.589. The van der Waals surface area contributed by atoms with Gasteiger partial charge in [0.15, 0.2) is 5.71 Å². The smallest absolute Gasteiger partial charge is 0.201 e. The van der Waals surface area contributed by atoms with Gasteiger partial charge in [-0.2, -0.15) is 0 Å². The number of rotatable bonds is 0. The Bertz CT molecular complexity index is 648. The molecule has 0 aliphatic carbocycles. The first-order valence-corrected chi connectivity index (χ1v) is 7.13. The standard InChI is InChI=1S/C16H18N.C2H6/c1-11-16(2,3)14-10-9-12-7-5-6-8-13(12)15(14)17(11)4;1-2/h5-10H,1-4H3;1-2H3/q+1;. The molecule has 1 aliphatic rings. The van der Waals surface area contributed by atoms with Crippen molar-refractivity contribution in [1.82, 2.24) is 0 Å². The van der Waals surface area contributed by atoms with Gasteiger partial charge in [0.2, 0.25) is 5.69 Å². The minimum Gasteiger partial charge on any atom is -0.201 e. The topological polar surface area (TPSA) is 3.01 Å². The maximum Gasteiger partial charge on any atom is 0.217 e. The molecule has 0 radical (unpaired) electrons. The predicted molar refractivity (Wildman–Crippen MR) is 84.8 cm³/mol. The van der Waals surface area contributed by atoms with Gasteiger partial charge in [0.05, 0.1) is 10.8 Å². The lowest BCUT2D eigenvalue weighted by atomic mass is 9.81. The summed E-state index contributed by atoms with van der Waals surface area (Å²) >= 11 is 0. The summed E-state index contributed by atoms with van der Waals surface area (Å²) < 4.78 is 2.34. The van der Waals surface area contributed by atoms with Crippen LogP contribution in [0.5, 0.6) is 0 Å². The summed E-state index contributed by atoms with van der Waals surface area (Å²) in [6.07, 6.45) is 0. The molecule has 0 amide bonds. The number of hydrogen-bond acceptors (Lipinski definition) is 0. The average molecular weight is 254 g/mol. The highest BCUT2D eigenvalue weighted by atomic mass is 15.0. The first kappa shape index (κ1) is 13.8. The number of benzene rings is 2. The van der Waals surface area contributed by atoms with Crippen LogP contribution in [0, 0.1) is 0 Å². The summed E-state index contributed by atoms with van der Waals surface area (Å²) in [5.74, 6) is 0. The third kappa shape index (κ3) is 1.88. The Kier molecular flexibility index (Phi) is 3.49. The fourth-order valence-electron chi connectivity index (χ4n) is 2.90. The zero-order valence-electron chi connectivity index (χ0n) is 12.9. The van der Waals surface area contributed by atoms with E-state index in [-0.39, 0.29) is 5.41 Å². The van der Waals surface area contributed by atoms with E-state index in [4.69, 9.17) is 0 Å². The van der Waals surface area contributed by atoms with E-state index >= 15 is 0 Å². The molecule has 0 unspecified atom stereocenters. The molecule has 1 heterocycles. The molecule has 0 atom stereocenters. The van der Waals surface area contributed by atoms with Crippen molar-refractivity contribution in [1.29, 1.82) is 0 Å². The molecule has 1 heteroatoms. The Morgan fingerprint density at radius 1 is 0.947 bits per heavy atom. The average Bonchev–Trinajstić information content (AvgIpc) is 2.62. The minimum atomic E-state index is 0.147. The van der Waals surface area contributed by atoms with Gasteiger partial charge in [-0.15, -0.1) is 0 Å². The predicted octanol–water partition coefficient (Wildman–Crippen LogP) is 4.89. The van der Waals surface area contributed by atoms with Gasteiger partial charge in [-0.25, -0.2) is 4.58 Å². The Labute approximate surface area is 116 Å². The van der Waals surface area contributed by atoms with Crippen LogP contribution >= 0.6 is 0 Å². The summed E-state index contributed by atoms with van der Waals surface area (Å²) in [7, 11) is 2.18. The highest BCUT2D eigenvalue weighted by Gasteiger charge is 2.42. The molecule has 2 aromatic carbocycles. The van der Waals surface area contributed by atoms with Gasteiger partial charge in [0, 0.05) is 12.5 Å². The van der Waals surface area contributed by atoms with E-state index in [0.29, 0.717) is 0 Å². The first-order valence-electron chi connectivity index (χ1n) is 7.13. The first-order chi connectivity index (χ1) is 9.03. The van der Waals surface area contributed by atoms with Crippen molar-refractivity contribution in [3.63, 3.8) is 0 Å². The van der Waals surface area contributed by atoms with Crippen LogP contribution in [0.2, 0.25) is 0 Å². The number of fused-ring (bicyclic) bond motifs is 3. The fraction of sp³-hybridized carbons (Fsp3) is 0.389. The maximum atomic E-state index is 2.34. The normalized spacial score (nSPS) is 16.1. The van der Waals surface area contributed by atoms with Gasteiger partial charge in [0.1, 0.15) is 7.05 Å². The fourth-order valence-corrected chi connectivity index (χ4v) is 2.90. The summed E-state index contributed by atoms with van der Waals surface area (Å²) in [4.78, 5) is 0. The summed E-state index contributed by atoms with van der Waals surface area (Å²) in [6, 6.07) is 13.2. The zero-order valence-corrected chi connectivity index (χ0v) is 12.9. The van der Waals surface area contributed by atoms with E-state index < -0.39 is 0 Å². The summed E-state index contributed by atoms with van der Waals surface area (Å²) in [5, 5.41) is 2.68. The van der Waals surface area contributed by atoms with Crippen molar-refractivity contribution in [3.8, 4) is 0 Å². The monoisotopic (exact) mass is 254 g/mol. The van der Waals surface area contributed by atoms with Gasteiger partial charge in [-0.1, -0.05) is 44.2 Å². The molecule has 0 saturated heterocycles. The lowest BCUT2D eigenvalue weighted by Gasteiger charge is -2.15. The van der Waals surface area contributed by atoms with Crippen LogP contribution in [0.1, 0.15) is 40.2 Å². The van der Waals surface area contributed by atoms with Crippen LogP contribution in [0.25, 0.3) is 10.8 Å². The highest BCUT2D eigenvalue weighted by molar-refractivity contribution is 6.01. The van der Waals surface area contributed by atoms with Crippen LogP contribution in [-0.4, -0.2) is 17.3 Å². The summed E-state index contributed by atoms with van der Waals surface area (Å²) in [5.41, 5.74) is 4.39. The van der Waals surface area contributed by atoms with Gasteiger partial charge < -0.3 is 0 Å². The Morgan fingerprint density at radius 3 is 2.26 bits per heavy atom. The maximum absolute atomic E-state index is 2.34. The van der Waals surface area contributed by atoms with Crippen molar-refractivity contribution in [3.05, 3.63) is 42.0 Å². The second kappa shape index (κ2) is 4.80. The molecule has 1 nitrogen and oxygen atoms in total. The minimum absolute atomic E-state index is 0.147. The molecule has 0 aromatic heterocycles. The molecular weight excluding hydrogens is 230 g/mol. The van der Waals surface area contributed by atoms with E-state index in [9.17, 15) is 0 Å². The van der Waals surface area contributed by atoms with Crippen LogP contribution in [-0.2, 0) is 5.41 Å². The molecule has 2 aromatic rings. The van der Waals surface area contributed by atoms with E-state index in [1.165, 1.54) is 27.7 Å². The molecule has 0 fully saturated rings. The molecule has 0 saturated carbocycles. The third-order valence-corrected chi connectivity index (χ3v) is 4.32.